The Kier molecular flexibility index (Phi) is 2.89. The molecule has 3 rings (SSSR count). The molecule has 1 nitrogen and oxygen atoms in total. The summed E-state index contributed by atoms with van der Waals surface area (Å²) >= 11 is 0. The summed E-state index contributed by atoms with van der Waals surface area (Å²) < 4.78 is 6.30. The van der Waals surface area contributed by atoms with Crippen molar-refractivity contribution in [3.05, 3.63) is 47.5 Å². The van der Waals surface area contributed by atoms with Crippen LogP contribution in [0.2, 0.25) is 0 Å². The first-order valence-corrected chi connectivity index (χ1v) is 7.34. The molecule has 3 aromatic rings. The molecule has 0 spiro atoms. The quantitative estimate of drug-likeness (QED) is 0.526. The summed E-state index contributed by atoms with van der Waals surface area (Å²) in [6.07, 6.45) is 0. The third-order valence-electron chi connectivity index (χ3n) is 3.98. The first-order chi connectivity index (χ1) is 9.39. The first-order valence-electron chi connectivity index (χ1n) is 7.34. The van der Waals surface area contributed by atoms with Gasteiger partial charge >= 0.3 is 0 Å². The average molecular weight is 266 g/mol. The molecule has 0 aliphatic heterocycles. The Hall–Kier alpha value is -1.76. The van der Waals surface area contributed by atoms with Gasteiger partial charge in [0.1, 0.15) is 11.2 Å². The van der Waals surface area contributed by atoms with Crippen molar-refractivity contribution >= 4 is 21.9 Å². The smallest absolute Gasteiger partial charge is 0.139 e. The van der Waals surface area contributed by atoms with Crippen LogP contribution in [0, 0.1) is 0 Å². The number of para-hydroxylation sites is 2. The Balaban J connectivity index is 2.45. The van der Waals surface area contributed by atoms with Crippen molar-refractivity contribution in [3.63, 3.8) is 0 Å². The van der Waals surface area contributed by atoms with E-state index in [2.05, 4.69) is 71.0 Å². The van der Waals surface area contributed by atoms with Crippen LogP contribution >= 0.6 is 0 Å². The van der Waals surface area contributed by atoms with Gasteiger partial charge < -0.3 is 4.42 Å². The van der Waals surface area contributed by atoms with E-state index >= 15 is 0 Å². The fourth-order valence-electron chi connectivity index (χ4n) is 2.89. The number of hydrogen-bond acceptors (Lipinski definition) is 1. The maximum atomic E-state index is 6.30. The van der Waals surface area contributed by atoms with Gasteiger partial charge in [-0.3, -0.25) is 0 Å². The van der Waals surface area contributed by atoms with E-state index < -0.39 is 0 Å². The molecule has 0 atom stereocenters. The lowest BCUT2D eigenvalue weighted by Gasteiger charge is -2.18. The van der Waals surface area contributed by atoms with Crippen LogP contribution in [0.1, 0.15) is 51.7 Å². The fraction of sp³-hybridized carbons (Fsp3) is 0.368. The first kappa shape index (κ1) is 13.2. The summed E-state index contributed by atoms with van der Waals surface area (Å²) in [5.74, 6) is 0.470. The molecule has 0 amide bonds. The number of rotatable bonds is 1. The van der Waals surface area contributed by atoms with Crippen LogP contribution in [0.5, 0.6) is 0 Å². The Labute approximate surface area is 120 Å². The third-order valence-corrected chi connectivity index (χ3v) is 3.98. The van der Waals surface area contributed by atoms with Crippen molar-refractivity contribution in [1.82, 2.24) is 0 Å². The van der Waals surface area contributed by atoms with Crippen LogP contribution in [0.4, 0.5) is 0 Å². The summed E-state index contributed by atoms with van der Waals surface area (Å²) in [7, 11) is 0. The molecule has 0 saturated heterocycles. The Morgan fingerprint density at radius 1 is 0.850 bits per heavy atom. The minimum Gasteiger partial charge on any atom is -0.455 e. The Morgan fingerprint density at radius 3 is 2.05 bits per heavy atom. The number of furan rings is 1. The van der Waals surface area contributed by atoms with Gasteiger partial charge in [-0.2, -0.15) is 0 Å². The molecule has 20 heavy (non-hydrogen) atoms. The van der Waals surface area contributed by atoms with E-state index in [9.17, 15) is 0 Å². The second-order valence-electron chi connectivity index (χ2n) is 6.91. The minimum absolute atomic E-state index is 0.0887. The Bertz CT molecular complexity index is 769. The predicted octanol–water partition coefficient (Wildman–Crippen LogP) is 6.01. The molecule has 104 valence electrons. The van der Waals surface area contributed by atoms with Crippen LogP contribution in [-0.2, 0) is 5.41 Å². The molecule has 0 fully saturated rings. The summed E-state index contributed by atoms with van der Waals surface area (Å²) in [4.78, 5) is 0. The molecule has 0 saturated carbocycles. The van der Waals surface area contributed by atoms with Crippen molar-refractivity contribution in [2.24, 2.45) is 0 Å². The van der Waals surface area contributed by atoms with Crippen LogP contribution in [-0.4, -0.2) is 0 Å². The molecular formula is C19H22O. The van der Waals surface area contributed by atoms with Gasteiger partial charge in [-0.15, -0.1) is 0 Å². The van der Waals surface area contributed by atoms with Crippen molar-refractivity contribution in [1.29, 1.82) is 0 Å². The molecule has 0 bridgehead atoms. The van der Waals surface area contributed by atoms with E-state index in [1.165, 1.54) is 21.9 Å². The van der Waals surface area contributed by atoms with E-state index in [1.54, 1.807) is 0 Å². The van der Waals surface area contributed by atoms with Crippen molar-refractivity contribution in [3.8, 4) is 0 Å². The molecule has 0 unspecified atom stereocenters. The molecule has 0 aliphatic carbocycles. The van der Waals surface area contributed by atoms with Gasteiger partial charge in [0, 0.05) is 16.3 Å². The van der Waals surface area contributed by atoms with Crippen LogP contribution in [0.25, 0.3) is 21.9 Å². The van der Waals surface area contributed by atoms with Crippen LogP contribution in [0.15, 0.2) is 40.8 Å². The zero-order valence-corrected chi connectivity index (χ0v) is 12.9. The van der Waals surface area contributed by atoms with Crippen molar-refractivity contribution < 1.29 is 4.42 Å². The van der Waals surface area contributed by atoms with Crippen molar-refractivity contribution in [2.45, 2.75) is 46.0 Å². The van der Waals surface area contributed by atoms with Crippen molar-refractivity contribution in [2.75, 3.05) is 0 Å². The van der Waals surface area contributed by atoms with E-state index in [1.807, 2.05) is 0 Å². The van der Waals surface area contributed by atoms with Gasteiger partial charge in [0.2, 0.25) is 0 Å². The highest BCUT2D eigenvalue weighted by atomic mass is 16.3. The molecule has 1 heterocycles. The van der Waals surface area contributed by atoms with E-state index in [0.717, 1.165) is 11.2 Å². The molecule has 2 aromatic carbocycles. The number of hydrogen-bond donors (Lipinski definition) is 0. The zero-order valence-electron chi connectivity index (χ0n) is 12.9. The van der Waals surface area contributed by atoms with Gasteiger partial charge in [0.05, 0.1) is 0 Å². The lowest BCUT2D eigenvalue weighted by Crippen LogP contribution is -2.10. The lowest BCUT2D eigenvalue weighted by atomic mass is 9.86. The van der Waals surface area contributed by atoms with Gasteiger partial charge in [-0.05, 0) is 16.9 Å². The highest BCUT2D eigenvalue weighted by molar-refractivity contribution is 6.07. The second kappa shape index (κ2) is 4.37. The topological polar surface area (TPSA) is 13.1 Å². The Morgan fingerprint density at radius 2 is 1.45 bits per heavy atom. The van der Waals surface area contributed by atoms with E-state index in [0.29, 0.717) is 5.92 Å². The second-order valence-corrected chi connectivity index (χ2v) is 6.91. The summed E-state index contributed by atoms with van der Waals surface area (Å²) in [5, 5.41) is 2.47. The molecule has 1 aromatic heterocycles. The predicted molar refractivity (Wildman–Crippen MR) is 86.5 cm³/mol. The molecule has 0 N–H and O–H groups in total. The largest absolute Gasteiger partial charge is 0.455 e. The molecule has 0 radical (unpaired) electrons. The van der Waals surface area contributed by atoms with Gasteiger partial charge in [-0.25, -0.2) is 0 Å². The molecular weight excluding hydrogens is 244 g/mol. The minimum atomic E-state index is 0.0887. The van der Waals surface area contributed by atoms with Crippen LogP contribution < -0.4 is 0 Å². The summed E-state index contributed by atoms with van der Waals surface area (Å²) in [6, 6.07) is 13.0. The van der Waals surface area contributed by atoms with Gasteiger partial charge in [-0.1, -0.05) is 71.0 Å². The normalized spacial score (nSPS) is 12.7. The summed E-state index contributed by atoms with van der Waals surface area (Å²) in [5.41, 5.74) is 4.75. The highest BCUT2D eigenvalue weighted by Gasteiger charge is 2.21. The lowest BCUT2D eigenvalue weighted by molar-refractivity contribution is 0.571. The van der Waals surface area contributed by atoms with Crippen LogP contribution in [0.3, 0.4) is 0 Å². The van der Waals surface area contributed by atoms with E-state index in [-0.39, 0.29) is 5.41 Å². The molecule has 0 aliphatic rings. The summed E-state index contributed by atoms with van der Waals surface area (Å²) in [6.45, 7) is 11.1. The third kappa shape index (κ3) is 1.93. The highest BCUT2D eigenvalue weighted by Crippen LogP contribution is 2.38. The average Bonchev–Trinajstić information content (AvgIpc) is 2.75. The fourth-order valence-corrected chi connectivity index (χ4v) is 2.89. The maximum absolute atomic E-state index is 6.30. The maximum Gasteiger partial charge on any atom is 0.139 e. The number of fused-ring (bicyclic) bond motifs is 3. The molecule has 1 heteroatoms. The van der Waals surface area contributed by atoms with Gasteiger partial charge in [0.15, 0.2) is 0 Å². The number of benzene rings is 2. The SMILES string of the molecule is CC(C)c1cccc2c1oc1c(C(C)(C)C)cccc12. The zero-order chi connectivity index (χ0) is 14.5. The van der Waals surface area contributed by atoms with E-state index in [4.69, 9.17) is 4.42 Å². The standard InChI is InChI=1S/C19H22O/c1-12(2)13-8-6-9-14-15-10-7-11-16(19(3,4)5)18(15)20-17(13)14/h6-12H,1-5H3. The van der Waals surface area contributed by atoms with Gasteiger partial charge in [0.25, 0.3) is 0 Å². The monoisotopic (exact) mass is 266 g/mol.